The van der Waals surface area contributed by atoms with Crippen LogP contribution in [0.4, 0.5) is 0 Å². The van der Waals surface area contributed by atoms with Gasteiger partial charge in [-0.15, -0.1) is 11.6 Å². The molecule has 0 saturated carbocycles. The van der Waals surface area contributed by atoms with Gasteiger partial charge in [0.25, 0.3) is 0 Å². The monoisotopic (exact) mass is 214 g/mol. The number of carbonyl (C=O) groups is 1. The van der Waals surface area contributed by atoms with Gasteiger partial charge < -0.3 is 9.03 Å². The Kier molecular flexibility index (Phi) is 7.65. The van der Waals surface area contributed by atoms with Gasteiger partial charge in [0.2, 0.25) is 0 Å². The Morgan fingerprint density at radius 1 is 1.58 bits per heavy atom. The van der Waals surface area contributed by atoms with Gasteiger partial charge in [0.1, 0.15) is 11.9 Å². The van der Waals surface area contributed by atoms with Crippen molar-refractivity contribution in [1.29, 1.82) is 0 Å². The molecule has 12 heavy (non-hydrogen) atoms. The maximum absolute atomic E-state index is 10.8. The van der Waals surface area contributed by atoms with Crippen molar-refractivity contribution in [1.82, 2.24) is 0 Å². The van der Waals surface area contributed by atoms with Crippen LogP contribution in [0.2, 0.25) is 0 Å². The zero-order valence-electron chi connectivity index (χ0n) is 6.89. The summed E-state index contributed by atoms with van der Waals surface area (Å²) >= 11 is 10.4. The first-order valence-electron chi connectivity index (χ1n) is 3.72. The lowest BCUT2D eigenvalue weighted by atomic mass is 10.2. The van der Waals surface area contributed by atoms with Crippen molar-refractivity contribution < 1.29 is 13.8 Å². The summed E-state index contributed by atoms with van der Waals surface area (Å²) in [4.78, 5) is 10.8. The fourth-order valence-electron chi connectivity index (χ4n) is 0.609. The van der Waals surface area contributed by atoms with E-state index in [-0.39, 0.29) is 12.5 Å². The summed E-state index contributed by atoms with van der Waals surface area (Å²) in [6.07, 6.45) is 0.908. The Labute approximate surface area is 82.1 Å². The average Bonchev–Trinajstić information content (AvgIpc) is 2.11. The van der Waals surface area contributed by atoms with Crippen LogP contribution in [0.15, 0.2) is 0 Å². The van der Waals surface area contributed by atoms with E-state index in [1.165, 1.54) is 0 Å². The van der Waals surface area contributed by atoms with Crippen LogP contribution in [0.5, 0.6) is 0 Å². The van der Waals surface area contributed by atoms with Crippen LogP contribution >= 0.6 is 23.5 Å². The van der Waals surface area contributed by atoms with Crippen molar-refractivity contribution in [3.05, 3.63) is 0 Å². The second-order valence-electron chi connectivity index (χ2n) is 2.32. The summed E-state index contributed by atoms with van der Waals surface area (Å²) < 4.78 is 9.12. The van der Waals surface area contributed by atoms with Crippen molar-refractivity contribution >= 4 is 29.4 Å². The summed E-state index contributed by atoms with van der Waals surface area (Å²) in [6, 6.07) is 0. The molecule has 0 aromatic heterocycles. The van der Waals surface area contributed by atoms with Crippen LogP contribution in [0, 0.1) is 5.92 Å². The molecule has 0 aromatic rings. The van der Waals surface area contributed by atoms with E-state index in [2.05, 4.69) is 4.29 Å². The van der Waals surface area contributed by atoms with Crippen molar-refractivity contribution in [2.75, 3.05) is 19.1 Å². The molecule has 0 spiro atoms. The molecule has 72 valence electrons. The summed E-state index contributed by atoms with van der Waals surface area (Å²) in [5, 5.41) is 0. The fraction of sp³-hybridized carbons (Fsp3) is 0.857. The molecule has 0 amide bonds. The summed E-state index contributed by atoms with van der Waals surface area (Å²) in [7, 11) is 0. The smallest absolute Gasteiger partial charge is 0.331 e. The molecule has 0 aliphatic rings. The van der Waals surface area contributed by atoms with Crippen LogP contribution in [-0.2, 0) is 13.8 Å². The zero-order valence-corrected chi connectivity index (χ0v) is 8.40. The van der Waals surface area contributed by atoms with Gasteiger partial charge in [-0.05, 0) is 6.42 Å². The average molecular weight is 215 g/mol. The van der Waals surface area contributed by atoms with E-state index in [1.807, 2.05) is 6.92 Å². The van der Waals surface area contributed by atoms with Gasteiger partial charge in [0.05, 0.1) is 12.5 Å². The minimum atomic E-state index is -0.539. The van der Waals surface area contributed by atoms with E-state index in [4.69, 9.17) is 28.2 Å². The summed E-state index contributed by atoms with van der Waals surface area (Å²) in [5.74, 6) is -0.839. The second-order valence-corrected chi connectivity index (χ2v) is 2.79. The standard InChI is InChI=1S/C7H12Cl2O3/c1-2-3-11-5-6(4-8)7(10)12-9/h6H,2-5H2,1H3. The van der Waals surface area contributed by atoms with Gasteiger partial charge in [0.15, 0.2) is 0 Å². The molecule has 0 fully saturated rings. The molecule has 0 aliphatic heterocycles. The highest BCUT2D eigenvalue weighted by atomic mass is 35.5. The number of hydrogen-bond acceptors (Lipinski definition) is 3. The molecule has 0 N–H and O–H groups in total. The number of hydrogen-bond donors (Lipinski definition) is 0. The first-order chi connectivity index (χ1) is 5.76. The molecule has 0 radical (unpaired) electrons. The van der Waals surface area contributed by atoms with Crippen LogP contribution < -0.4 is 0 Å². The Morgan fingerprint density at radius 2 is 2.25 bits per heavy atom. The van der Waals surface area contributed by atoms with E-state index in [0.717, 1.165) is 6.42 Å². The first-order valence-corrected chi connectivity index (χ1v) is 4.56. The van der Waals surface area contributed by atoms with Crippen LogP contribution in [0.3, 0.4) is 0 Å². The highest BCUT2D eigenvalue weighted by Gasteiger charge is 2.18. The number of halogens is 2. The lowest BCUT2D eigenvalue weighted by molar-refractivity contribution is -0.139. The maximum atomic E-state index is 10.8. The Bertz CT molecular complexity index is 130. The van der Waals surface area contributed by atoms with E-state index < -0.39 is 11.9 Å². The van der Waals surface area contributed by atoms with Crippen LogP contribution in [-0.4, -0.2) is 25.1 Å². The molecule has 0 aliphatic carbocycles. The molecule has 0 bridgehead atoms. The fourth-order valence-corrected chi connectivity index (χ4v) is 0.950. The largest absolute Gasteiger partial charge is 0.381 e. The summed E-state index contributed by atoms with van der Waals surface area (Å²) in [5.41, 5.74) is 0. The molecule has 5 heteroatoms. The van der Waals surface area contributed by atoms with Gasteiger partial charge >= 0.3 is 5.97 Å². The number of rotatable bonds is 6. The van der Waals surface area contributed by atoms with Crippen molar-refractivity contribution in [3.63, 3.8) is 0 Å². The molecular weight excluding hydrogens is 203 g/mol. The SMILES string of the molecule is CCCOCC(CCl)C(=O)OCl. The Hall–Kier alpha value is 0.01000. The van der Waals surface area contributed by atoms with Crippen LogP contribution in [0.1, 0.15) is 13.3 Å². The van der Waals surface area contributed by atoms with Gasteiger partial charge in [-0.2, -0.15) is 0 Å². The predicted molar refractivity (Wildman–Crippen MR) is 47.3 cm³/mol. The van der Waals surface area contributed by atoms with Crippen molar-refractivity contribution in [2.45, 2.75) is 13.3 Å². The number of ether oxygens (including phenoxy) is 1. The van der Waals surface area contributed by atoms with Crippen LogP contribution in [0.25, 0.3) is 0 Å². The number of alkyl halides is 1. The van der Waals surface area contributed by atoms with Crippen molar-refractivity contribution in [2.24, 2.45) is 5.92 Å². The molecule has 0 aromatic carbocycles. The topological polar surface area (TPSA) is 35.5 Å². The Morgan fingerprint density at radius 3 is 2.67 bits per heavy atom. The van der Waals surface area contributed by atoms with E-state index in [9.17, 15) is 4.79 Å². The third-order valence-electron chi connectivity index (χ3n) is 1.26. The van der Waals surface area contributed by atoms with E-state index in [1.54, 1.807) is 0 Å². The first kappa shape index (κ1) is 12.0. The molecule has 0 heterocycles. The van der Waals surface area contributed by atoms with Gasteiger partial charge in [-0.3, -0.25) is 4.79 Å². The molecule has 0 saturated heterocycles. The maximum Gasteiger partial charge on any atom is 0.331 e. The molecule has 0 rings (SSSR count). The molecular formula is C7H12Cl2O3. The zero-order chi connectivity index (χ0) is 9.40. The Balaban J connectivity index is 3.60. The predicted octanol–water partition coefficient (Wildman–Crippen LogP) is 1.97. The quantitative estimate of drug-likeness (QED) is 0.501. The minimum Gasteiger partial charge on any atom is -0.381 e. The molecule has 3 nitrogen and oxygen atoms in total. The second kappa shape index (κ2) is 7.65. The van der Waals surface area contributed by atoms with Gasteiger partial charge in [-0.25, -0.2) is 0 Å². The normalized spacial score (nSPS) is 12.6. The van der Waals surface area contributed by atoms with E-state index >= 15 is 0 Å². The minimum absolute atomic E-state index is 0.162. The highest BCUT2D eigenvalue weighted by molar-refractivity contribution is 6.20. The lowest BCUT2D eigenvalue weighted by Crippen LogP contribution is -2.22. The molecule has 1 unspecified atom stereocenters. The number of carbonyl (C=O) groups excluding carboxylic acids is 1. The lowest BCUT2D eigenvalue weighted by Gasteiger charge is -2.09. The van der Waals surface area contributed by atoms with Gasteiger partial charge in [-0.1, -0.05) is 6.92 Å². The summed E-state index contributed by atoms with van der Waals surface area (Å²) in [6.45, 7) is 2.86. The van der Waals surface area contributed by atoms with E-state index in [0.29, 0.717) is 6.61 Å². The third-order valence-corrected chi connectivity index (χ3v) is 1.79. The van der Waals surface area contributed by atoms with Gasteiger partial charge in [0, 0.05) is 12.5 Å². The van der Waals surface area contributed by atoms with Crippen molar-refractivity contribution in [3.8, 4) is 0 Å². The molecule has 1 atom stereocenters. The third kappa shape index (κ3) is 4.80. The highest BCUT2D eigenvalue weighted by Crippen LogP contribution is 2.05.